The molecule has 1 amide bonds. The molecule has 2 aromatic carbocycles. The predicted octanol–water partition coefficient (Wildman–Crippen LogP) is 4.69. The van der Waals surface area contributed by atoms with E-state index in [1.807, 2.05) is 48.1 Å². The molecular weight excluding hydrogens is 508 g/mol. The van der Waals surface area contributed by atoms with Gasteiger partial charge in [0.25, 0.3) is 5.91 Å². The highest BCUT2D eigenvalue weighted by Crippen LogP contribution is 2.34. The molecule has 1 aromatic heterocycles. The van der Waals surface area contributed by atoms with Gasteiger partial charge in [0.1, 0.15) is 11.5 Å². The molecule has 0 radical (unpaired) electrons. The van der Waals surface area contributed by atoms with E-state index in [0.29, 0.717) is 12.1 Å². The van der Waals surface area contributed by atoms with Gasteiger partial charge in [0, 0.05) is 42.7 Å². The lowest BCUT2D eigenvalue weighted by Crippen LogP contribution is -2.50. The van der Waals surface area contributed by atoms with Gasteiger partial charge in [-0.05, 0) is 70.7 Å². The molecule has 0 spiro atoms. The Morgan fingerprint density at radius 3 is 2.57 bits per heavy atom. The minimum absolute atomic E-state index is 0.0476. The first-order chi connectivity index (χ1) is 16.9. The van der Waals surface area contributed by atoms with Crippen molar-refractivity contribution in [3.8, 4) is 22.8 Å². The smallest absolute Gasteiger partial charge is 0.251 e. The lowest BCUT2D eigenvalue weighted by atomic mass is 9.85. The third-order valence-corrected chi connectivity index (χ3v) is 7.22. The van der Waals surface area contributed by atoms with Crippen molar-refractivity contribution < 1.29 is 14.3 Å². The van der Waals surface area contributed by atoms with Crippen LogP contribution in [0.2, 0.25) is 0 Å². The van der Waals surface area contributed by atoms with E-state index in [1.165, 1.54) is 0 Å². The first-order valence-electron chi connectivity index (χ1n) is 12.0. The van der Waals surface area contributed by atoms with Crippen LogP contribution in [0.5, 0.6) is 11.5 Å². The van der Waals surface area contributed by atoms with E-state index in [4.69, 9.17) is 9.47 Å². The predicted molar refractivity (Wildman–Crippen MR) is 141 cm³/mol. The molecule has 8 heteroatoms. The summed E-state index contributed by atoms with van der Waals surface area (Å²) >= 11 is 3.61. The minimum Gasteiger partial charge on any atom is -0.497 e. The molecule has 0 aliphatic carbocycles. The summed E-state index contributed by atoms with van der Waals surface area (Å²) < 4.78 is 13.8. The van der Waals surface area contributed by atoms with Gasteiger partial charge < -0.3 is 20.1 Å². The van der Waals surface area contributed by atoms with Crippen molar-refractivity contribution in [3.63, 3.8) is 0 Å². The maximum absolute atomic E-state index is 13.4. The molecule has 2 atom stereocenters. The van der Waals surface area contributed by atoms with Crippen LogP contribution in [0, 0.1) is 0 Å². The van der Waals surface area contributed by atoms with Crippen LogP contribution >= 0.6 is 15.9 Å². The van der Waals surface area contributed by atoms with Crippen molar-refractivity contribution in [2.75, 3.05) is 27.3 Å². The maximum Gasteiger partial charge on any atom is 0.251 e. The van der Waals surface area contributed by atoms with Crippen LogP contribution in [0.25, 0.3) is 11.3 Å². The molecule has 0 unspecified atom stereocenters. The average Bonchev–Trinajstić information content (AvgIpc) is 3.21. The molecule has 1 aliphatic rings. The second-order valence-electron chi connectivity index (χ2n) is 8.91. The van der Waals surface area contributed by atoms with Crippen molar-refractivity contribution >= 4 is 21.8 Å². The number of nitrogens with one attached hydrogen (secondary N) is 2. The number of methoxy groups -OCH3 is 2. The van der Waals surface area contributed by atoms with Gasteiger partial charge in [-0.3, -0.25) is 9.48 Å². The van der Waals surface area contributed by atoms with Crippen LogP contribution in [0.3, 0.4) is 0 Å². The van der Waals surface area contributed by atoms with E-state index < -0.39 is 0 Å². The van der Waals surface area contributed by atoms with Gasteiger partial charge in [-0.25, -0.2) is 0 Å². The number of aromatic nitrogens is 2. The first kappa shape index (κ1) is 25.3. The molecule has 1 fully saturated rings. The average molecular weight is 541 g/mol. The number of rotatable bonds is 8. The summed E-state index contributed by atoms with van der Waals surface area (Å²) in [5.41, 5.74) is 5.03. The number of nitrogens with zero attached hydrogens (tertiary/aromatic N) is 2. The first-order valence-corrected chi connectivity index (χ1v) is 12.8. The van der Waals surface area contributed by atoms with Gasteiger partial charge in [-0.1, -0.05) is 19.4 Å². The second-order valence-corrected chi connectivity index (χ2v) is 9.77. The zero-order valence-electron chi connectivity index (χ0n) is 20.7. The number of hydrogen-bond donors (Lipinski definition) is 2. The second kappa shape index (κ2) is 11.3. The summed E-state index contributed by atoms with van der Waals surface area (Å²) in [6.45, 7) is 3.75. The largest absolute Gasteiger partial charge is 0.497 e. The number of halogens is 1. The van der Waals surface area contributed by atoms with Gasteiger partial charge in [-0.15, -0.1) is 0 Å². The zero-order chi connectivity index (χ0) is 24.9. The topological polar surface area (TPSA) is 77.4 Å². The molecule has 35 heavy (non-hydrogen) atoms. The van der Waals surface area contributed by atoms with Crippen molar-refractivity contribution in [3.05, 3.63) is 63.8 Å². The number of benzene rings is 2. The van der Waals surface area contributed by atoms with Gasteiger partial charge in [0.15, 0.2) is 0 Å². The Morgan fingerprint density at radius 2 is 1.94 bits per heavy atom. The number of ether oxygens (including phenoxy) is 2. The number of carbonyl (C=O) groups is 1. The van der Waals surface area contributed by atoms with E-state index in [-0.39, 0.29) is 17.9 Å². The Morgan fingerprint density at radius 1 is 1.20 bits per heavy atom. The van der Waals surface area contributed by atoms with Crippen LogP contribution in [-0.2, 0) is 13.5 Å². The third-order valence-electron chi connectivity index (χ3n) is 6.64. The van der Waals surface area contributed by atoms with Crippen molar-refractivity contribution in [1.29, 1.82) is 0 Å². The lowest BCUT2D eigenvalue weighted by Gasteiger charge is -2.33. The zero-order valence-corrected chi connectivity index (χ0v) is 22.3. The summed E-state index contributed by atoms with van der Waals surface area (Å²) in [4.78, 5) is 13.4. The SMILES string of the molecule is CCCc1cc(C(=O)N[C@H]2CNCC[C@@H]2c2cc(OC)cc(OC)c2)ccc1-c1c(Br)cnn1C. The van der Waals surface area contributed by atoms with Crippen LogP contribution in [-0.4, -0.2) is 49.0 Å². The molecule has 0 bridgehead atoms. The Labute approximate surface area is 215 Å². The number of hydrogen-bond acceptors (Lipinski definition) is 5. The Bertz CT molecular complexity index is 1150. The van der Waals surface area contributed by atoms with Gasteiger partial charge in [-0.2, -0.15) is 5.10 Å². The maximum atomic E-state index is 13.4. The normalized spacial score (nSPS) is 17.7. The van der Waals surface area contributed by atoms with Crippen molar-refractivity contribution in [1.82, 2.24) is 20.4 Å². The van der Waals surface area contributed by atoms with Crippen LogP contribution in [0.1, 0.15) is 47.2 Å². The Balaban J connectivity index is 1.60. The standard InChI is InChI=1S/C27H33BrN4O3/c1-5-6-17-11-18(7-8-23(17)26-24(28)15-30-32(26)2)27(33)31-25-16-29-10-9-22(25)19-12-20(34-3)14-21(13-19)35-4/h7-8,11-15,22,25,29H,5-6,9-10,16H2,1-4H3,(H,31,33)/t22-,25+/m1/s1. The molecule has 1 aliphatic heterocycles. The highest BCUT2D eigenvalue weighted by molar-refractivity contribution is 9.10. The number of carbonyl (C=O) groups excluding carboxylic acids is 1. The fourth-order valence-corrected chi connectivity index (χ4v) is 5.42. The molecule has 1 saturated heterocycles. The highest BCUT2D eigenvalue weighted by Gasteiger charge is 2.29. The molecule has 0 saturated carbocycles. The van der Waals surface area contributed by atoms with Crippen LogP contribution in [0.15, 0.2) is 47.1 Å². The number of piperidine rings is 1. The van der Waals surface area contributed by atoms with E-state index in [9.17, 15) is 4.79 Å². The van der Waals surface area contributed by atoms with Crippen molar-refractivity contribution in [2.45, 2.75) is 38.1 Å². The number of amides is 1. The van der Waals surface area contributed by atoms with Gasteiger partial charge in [0.2, 0.25) is 0 Å². The van der Waals surface area contributed by atoms with E-state index in [0.717, 1.165) is 64.2 Å². The lowest BCUT2D eigenvalue weighted by molar-refractivity contribution is 0.0924. The monoisotopic (exact) mass is 540 g/mol. The molecule has 186 valence electrons. The Kier molecular flexibility index (Phi) is 8.13. The summed E-state index contributed by atoms with van der Waals surface area (Å²) in [5, 5.41) is 11.1. The molecule has 3 aromatic rings. The summed E-state index contributed by atoms with van der Waals surface area (Å²) in [5.74, 6) is 1.60. The van der Waals surface area contributed by atoms with Gasteiger partial charge >= 0.3 is 0 Å². The molecular formula is C27H33BrN4O3. The summed E-state index contributed by atoms with van der Waals surface area (Å²) in [6, 6.07) is 11.9. The highest BCUT2D eigenvalue weighted by atomic mass is 79.9. The fourth-order valence-electron chi connectivity index (χ4n) is 4.86. The number of aryl methyl sites for hydroxylation is 2. The van der Waals surface area contributed by atoms with Crippen molar-refractivity contribution in [2.24, 2.45) is 7.05 Å². The molecule has 4 rings (SSSR count). The quantitative estimate of drug-likeness (QED) is 0.433. The summed E-state index contributed by atoms with van der Waals surface area (Å²) in [7, 11) is 5.24. The van der Waals surface area contributed by atoms with Crippen LogP contribution in [0.4, 0.5) is 0 Å². The molecule has 7 nitrogen and oxygen atoms in total. The molecule has 2 N–H and O–H groups in total. The Hall–Kier alpha value is -2.84. The molecule has 2 heterocycles. The summed E-state index contributed by atoms with van der Waals surface area (Å²) in [6.07, 6.45) is 4.58. The van der Waals surface area contributed by atoms with E-state index in [2.05, 4.69) is 38.6 Å². The van der Waals surface area contributed by atoms with Crippen LogP contribution < -0.4 is 20.1 Å². The van der Waals surface area contributed by atoms with E-state index in [1.54, 1.807) is 20.4 Å². The minimum atomic E-state index is -0.0634. The third kappa shape index (κ3) is 5.54. The fraction of sp³-hybridized carbons (Fsp3) is 0.407. The van der Waals surface area contributed by atoms with E-state index >= 15 is 0 Å². The van der Waals surface area contributed by atoms with Gasteiger partial charge in [0.05, 0.1) is 30.6 Å².